The van der Waals surface area contributed by atoms with E-state index in [-0.39, 0.29) is 23.8 Å². The lowest BCUT2D eigenvalue weighted by Gasteiger charge is -2.35. The van der Waals surface area contributed by atoms with Gasteiger partial charge in [-0.3, -0.25) is 9.59 Å². The molecule has 1 saturated heterocycles. The molecule has 26 heavy (non-hydrogen) atoms. The second-order valence-electron chi connectivity index (χ2n) is 7.06. The molecule has 1 heterocycles. The number of fused-ring (bicyclic) bond motifs is 1. The third kappa shape index (κ3) is 3.64. The number of likely N-dealkylation sites (tertiary alicyclic amines) is 1. The van der Waals surface area contributed by atoms with Crippen LogP contribution in [0.25, 0.3) is 10.8 Å². The molecule has 4 heteroatoms. The van der Waals surface area contributed by atoms with Crippen molar-refractivity contribution in [1.82, 2.24) is 9.80 Å². The quantitative estimate of drug-likeness (QED) is 0.787. The Bertz CT molecular complexity index is 830. The molecule has 0 aromatic heterocycles. The molecule has 136 valence electrons. The van der Waals surface area contributed by atoms with Crippen molar-refractivity contribution in [1.29, 1.82) is 0 Å². The van der Waals surface area contributed by atoms with Crippen molar-refractivity contribution in [2.75, 3.05) is 20.1 Å². The van der Waals surface area contributed by atoms with Gasteiger partial charge in [0, 0.05) is 20.1 Å². The highest BCUT2D eigenvalue weighted by Gasteiger charge is 2.31. The second-order valence-corrected chi connectivity index (χ2v) is 7.06. The van der Waals surface area contributed by atoms with E-state index in [1.807, 2.05) is 24.1 Å². The third-order valence-electron chi connectivity index (χ3n) is 5.44. The van der Waals surface area contributed by atoms with Gasteiger partial charge in [-0.2, -0.15) is 0 Å². The van der Waals surface area contributed by atoms with Crippen LogP contribution < -0.4 is 0 Å². The van der Waals surface area contributed by atoms with Gasteiger partial charge in [-0.15, -0.1) is 0 Å². The number of carbonyl (C=O) groups is 2. The molecule has 0 radical (unpaired) electrons. The molecule has 2 aromatic rings. The maximum atomic E-state index is 13.0. The Balaban J connectivity index is 1.74. The van der Waals surface area contributed by atoms with Crippen LogP contribution in [0.4, 0.5) is 0 Å². The predicted molar refractivity (Wildman–Crippen MR) is 105 cm³/mol. The molecule has 0 aliphatic carbocycles. The van der Waals surface area contributed by atoms with Crippen LogP contribution in [-0.2, 0) is 9.59 Å². The summed E-state index contributed by atoms with van der Waals surface area (Å²) >= 11 is 0. The third-order valence-corrected chi connectivity index (χ3v) is 5.44. The van der Waals surface area contributed by atoms with E-state index < -0.39 is 0 Å². The fraction of sp³-hybridized carbons (Fsp3) is 0.364. The van der Waals surface area contributed by atoms with Gasteiger partial charge >= 0.3 is 0 Å². The lowest BCUT2D eigenvalue weighted by molar-refractivity contribution is -0.140. The Morgan fingerprint density at radius 2 is 1.96 bits per heavy atom. The van der Waals surface area contributed by atoms with Gasteiger partial charge in [0.2, 0.25) is 11.8 Å². The minimum atomic E-state index is -0.138. The average molecular weight is 350 g/mol. The van der Waals surface area contributed by atoms with Gasteiger partial charge < -0.3 is 9.80 Å². The standard InChI is InChI=1S/C22H26N2O2/c1-4-21(25)24-13-7-10-20(15-24)22(26)23(3)16(2)18-12-11-17-8-5-6-9-19(17)14-18/h4-6,8-9,11-12,14,16,20H,1,7,10,13,15H2,2-3H3. The number of hydrogen-bond acceptors (Lipinski definition) is 2. The lowest BCUT2D eigenvalue weighted by Crippen LogP contribution is -2.45. The Hall–Kier alpha value is -2.62. The number of rotatable bonds is 4. The van der Waals surface area contributed by atoms with Crippen LogP contribution in [0, 0.1) is 5.92 Å². The molecule has 0 N–H and O–H groups in total. The van der Waals surface area contributed by atoms with Crippen LogP contribution in [-0.4, -0.2) is 41.8 Å². The molecular weight excluding hydrogens is 324 g/mol. The fourth-order valence-electron chi connectivity index (χ4n) is 3.68. The van der Waals surface area contributed by atoms with Gasteiger partial charge in [-0.1, -0.05) is 43.0 Å². The Morgan fingerprint density at radius 1 is 1.23 bits per heavy atom. The molecule has 2 unspecified atom stereocenters. The molecule has 2 amide bonds. The summed E-state index contributed by atoms with van der Waals surface area (Å²) in [4.78, 5) is 28.4. The van der Waals surface area contributed by atoms with Crippen LogP contribution in [0.15, 0.2) is 55.1 Å². The van der Waals surface area contributed by atoms with Crippen molar-refractivity contribution in [2.45, 2.75) is 25.8 Å². The van der Waals surface area contributed by atoms with Crippen molar-refractivity contribution in [3.05, 3.63) is 60.7 Å². The van der Waals surface area contributed by atoms with Gasteiger partial charge in [-0.05, 0) is 48.2 Å². The lowest BCUT2D eigenvalue weighted by atomic mass is 9.95. The molecule has 1 fully saturated rings. The van der Waals surface area contributed by atoms with Gasteiger partial charge in [0.05, 0.1) is 12.0 Å². The largest absolute Gasteiger partial charge is 0.339 e. The molecule has 1 aliphatic heterocycles. The molecule has 2 atom stereocenters. The number of piperidine rings is 1. The summed E-state index contributed by atoms with van der Waals surface area (Å²) in [5, 5.41) is 2.38. The molecular formula is C22H26N2O2. The Morgan fingerprint density at radius 3 is 2.69 bits per heavy atom. The van der Waals surface area contributed by atoms with Crippen LogP contribution in [0.1, 0.15) is 31.4 Å². The monoisotopic (exact) mass is 350 g/mol. The normalized spacial score (nSPS) is 18.4. The van der Waals surface area contributed by atoms with Crippen molar-refractivity contribution in [2.24, 2.45) is 5.92 Å². The van der Waals surface area contributed by atoms with E-state index in [1.54, 1.807) is 4.90 Å². The molecule has 2 aromatic carbocycles. The Kier molecular flexibility index (Phi) is 5.40. The van der Waals surface area contributed by atoms with E-state index >= 15 is 0 Å². The highest BCUT2D eigenvalue weighted by atomic mass is 16.2. The van der Waals surface area contributed by atoms with E-state index in [2.05, 4.69) is 43.8 Å². The van der Waals surface area contributed by atoms with E-state index in [0.717, 1.165) is 18.4 Å². The summed E-state index contributed by atoms with van der Waals surface area (Å²) in [6.45, 7) is 6.79. The van der Waals surface area contributed by atoms with Crippen molar-refractivity contribution >= 4 is 22.6 Å². The number of hydrogen-bond donors (Lipinski definition) is 0. The van der Waals surface area contributed by atoms with Crippen LogP contribution >= 0.6 is 0 Å². The van der Waals surface area contributed by atoms with Crippen LogP contribution in [0.2, 0.25) is 0 Å². The fourth-order valence-corrected chi connectivity index (χ4v) is 3.68. The first kappa shape index (κ1) is 18.2. The molecule has 0 spiro atoms. The van der Waals surface area contributed by atoms with Gasteiger partial charge in [0.1, 0.15) is 0 Å². The molecule has 0 saturated carbocycles. The summed E-state index contributed by atoms with van der Waals surface area (Å²) in [6.07, 6.45) is 3.01. The zero-order valence-electron chi connectivity index (χ0n) is 15.5. The van der Waals surface area contributed by atoms with Gasteiger partial charge in [0.25, 0.3) is 0 Å². The van der Waals surface area contributed by atoms with Crippen LogP contribution in [0.5, 0.6) is 0 Å². The van der Waals surface area contributed by atoms with E-state index in [9.17, 15) is 9.59 Å². The van der Waals surface area contributed by atoms with E-state index in [4.69, 9.17) is 0 Å². The smallest absolute Gasteiger partial charge is 0.245 e. The molecule has 4 nitrogen and oxygen atoms in total. The molecule has 0 bridgehead atoms. The summed E-state index contributed by atoms with van der Waals surface area (Å²) in [5.74, 6) is -0.125. The Labute approximate surface area is 155 Å². The van der Waals surface area contributed by atoms with E-state index in [0.29, 0.717) is 13.1 Å². The number of amides is 2. The SMILES string of the molecule is C=CC(=O)N1CCCC(C(=O)N(C)C(C)c2ccc3ccccc3c2)C1. The topological polar surface area (TPSA) is 40.6 Å². The maximum Gasteiger partial charge on any atom is 0.245 e. The number of carbonyl (C=O) groups excluding carboxylic acids is 2. The highest BCUT2D eigenvalue weighted by molar-refractivity contribution is 5.88. The van der Waals surface area contributed by atoms with E-state index in [1.165, 1.54) is 16.8 Å². The second kappa shape index (κ2) is 7.73. The first-order valence-electron chi connectivity index (χ1n) is 9.18. The first-order chi connectivity index (χ1) is 12.5. The minimum absolute atomic E-state index is 0.0161. The highest BCUT2D eigenvalue weighted by Crippen LogP contribution is 2.27. The number of benzene rings is 2. The predicted octanol–water partition coefficient (Wildman–Crippen LogP) is 3.78. The van der Waals surface area contributed by atoms with Crippen molar-refractivity contribution < 1.29 is 9.59 Å². The zero-order chi connectivity index (χ0) is 18.7. The maximum absolute atomic E-state index is 13.0. The average Bonchev–Trinajstić information content (AvgIpc) is 2.71. The van der Waals surface area contributed by atoms with Crippen LogP contribution in [0.3, 0.4) is 0 Å². The molecule has 1 aliphatic rings. The summed E-state index contributed by atoms with van der Waals surface area (Å²) in [7, 11) is 1.86. The first-order valence-corrected chi connectivity index (χ1v) is 9.18. The summed E-state index contributed by atoms with van der Waals surface area (Å²) < 4.78 is 0. The van der Waals surface area contributed by atoms with Gasteiger partial charge in [0.15, 0.2) is 0 Å². The minimum Gasteiger partial charge on any atom is -0.339 e. The van der Waals surface area contributed by atoms with Crippen molar-refractivity contribution in [3.8, 4) is 0 Å². The number of nitrogens with zero attached hydrogens (tertiary/aromatic N) is 2. The summed E-state index contributed by atoms with van der Waals surface area (Å²) in [5.41, 5.74) is 1.12. The van der Waals surface area contributed by atoms with Gasteiger partial charge in [-0.25, -0.2) is 0 Å². The summed E-state index contributed by atoms with van der Waals surface area (Å²) in [6, 6.07) is 14.6. The zero-order valence-corrected chi connectivity index (χ0v) is 15.5. The molecule has 3 rings (SSSR count). The van der Waals surface area contributed by atoms with Crippen molar-refractivity contribution in [3.63, 3.8) is 0 Å².